The lowest BCUT2D eigenvalue weighted by Gasteiger charge is -2.32. The minimum absolute atomic E-state index is 0.0558. The number of carbonyl (C=O) groups excluding carboxylic acids is 2. The molecule has 0 aliphatic heterocycles. The van der Waals surface area contributed by atoms with Crippen molar-refractivity contribution in [3.05, 3.63) is 100 Å². The fraction of sp³-hybridized carbons (Fsp3) is 0.310. The van der Waals surface area contributed by atoms with E-state index in [0.717, 1.165) is 22.3 Å². The Labute approximate surface area is 213 Å². The Hall–Kier alpha value is -3.31. The molecule has 0 radical (unpaired) electrons. The molecule has 184 valence electrons. The number of carbonyl (C=O) groups is 2. The monoisotopic (exact) mass is 492 g/mol. The van der Waals surface area contributed by atoms with Gasteiger partial charge in [-0.1, -0.05) is 71.8 Å². The number of rotatable bonds is 10. The highest BCUT2D eigenvalue weighted by Gasteiger charge is 2.31. The third-order valence-electron chi connectivity index (χ3n) is 5.65. The van der Waals surface area contributed by atoms with Crippen molar-refractivity contribution in [2.24, 2.45) is 0 Å². The number of amides is 2. The second-order valence-corrected chi connectivity index (χ2v) is 9.51. The largest absolute Gasteiger partial charge is 0.483 e. The topological polar surface area (TPSA) is 58.6 Å². The Morgan fingerprint density at radius 2 is 1.63 bits per heavy atom. The van der Waals surface area contributed by atoms with Gasteiger partial charge in [-0.25, -0.2) is 0 Å². The fourth-order valence-electron chi connectivity index (χ4n) is 3.90. The van der Waals surface area contributed by atoms with Gasteiger partial charge in [0.15, 0.2) is 6.61 Å². The number of benzene rings is 3. The highest BCUT2D eigenvalue weighted by molar-refractivity contribution is 6.30. The number of hydrogen-bond acceptors (Lipinski definition) is 3. The first-order valence-electron chi connectivity index (χ1n) is 11.8. The molecule has 3 aromatic rings. The molecular weight excluding hydrogens is 460 g/mol. The Morgan fingerprint density at radius 1 is 0.943 bits per heavy atom. The molecule has 5 nitrogen and oxygen atoms in total. The van der Waals surface area contributed by atoms with E-state index in [4.69, 9.17) is 16.3 Å². The lowest BCUT2D eigenvalue weighted by atomic mass is 10.0. The van der Waals surface area contributed by atoms with E-state index in [1.807, 2.05) is 88.4 Å². The van der Waals surface area contributed by atoms with E-state index in [-0.39, 0.29) is 31.0 Å². The summed E-state index contributed by atoms with van der Waals surface area (Å²) >= 11 is 6.07. The van der Waals surface area contributed by atoms with Crippen LogP contribution in [0.15, 0.2) is 72.8 Å². The van der Waals surface area contributed by atoms with E-state index >= 15 is 0 Å². The summed E-state index contributed by atoms with van der Waals surface area (Å²) in [7, 11) is 0. The highest BCUT2D eigenvalue weighted by Crippen LogP contribution is 2.20. The van der Waals surface area contributed by atoms with E-state index in [0.29, 0.717) is 17.2 Å². The van der Waals surface area contributed by atoms with Crippen molar-refractivity contribution in [1.29, 1.82) is 0 Å². The highest BCUT2D eigenvalue weighted by atomic mass is 35.5. The zero-order chi connectivity index (χ0) is 25.4. The average Bonchev–Trinajstić information content (AvgIpc) is 2.82. The molecule has 0 aliphatic carbocycles. The van der Waals surface area contributed by atoms with Crippen molar-refractivity contribution in [2.75, 3.05) is 6.61 Å². The molecule has 0 aliphatic rings. The molecule has 0 spiro atoms. The third kappa shape index (κ3) is 7.86. The second kappa shape index (κ2) is 12.4. The summed E-state index contributed by atoms with van der Waals surface area (Å²) in [6, 6.07) is 22.1. The zero-order valence-electron chi connectivity index (χ0n) is 20.8. The maximum Gasteiger partial charge on any atom is 0.261 e. The van der Waals surface area contributed by atoms with Gasteiger partial charge in [-0.3, -0.25) is 9.59 Å². The Balaban J connectivity index is 1.91. The van der Waals surface area contributed by atoms with Gasteiger partial charge in [0.2, 0.25) is 5.91 Å². The van der Waals surface area contributed by atoms with Crippen molar-refractivity contribution in [3.63, 3.8) is 0 Å². The SMILES string of the molecule is Cc1ccc(OCC(=O)N(Cc2ccc(Cl)cc2)[C@H](Cc2ccccc2)C(=O)NC(C)C)c(C)c1. The summed E-state index contributed by atoms with van der Waals surface area (Å²) in [5.74, 6) is 0.194. The summed E-state index contributed by atoms with van der Waals surface area (Å²) in [6.07, 6.45) is 0.391. The van der Waals surface area contributed by atoms with Crippen LogP contribution in [-0.2, 0) is 22.6 Å². The summed E-state index contributed by atoms with van der Waals surface area (Å²) in [5.41, 5.74) is 3.93. The van der Waals surface area contributed by atoms with Crippen LogP contribution in [-0.4, -0.2) is 35.4 Å². The molecule has 0 unspecified atom stereocenters. The smallest absolute Gasteiger partial charge is 0.261 e. The standard InChI is InChI=1S/C29H33ClN2O3/c1-20(2)31-29(34)26(17-23-8-6-5-7-9-23)32(18-24-11-13-25(30)14-12-24)28(33)19-35-27-15-10-21(3)16-22(27)4/h5-16,20,26H,17-19H2,1-4H3,(H,31,34)/t26-/m1/s1. The molecule has 2 amide bonds. The van der Waals surface area contributed by atoms with Gasteiger partial charge in [0.1, 0.15) is 11.8 Å². The van der Waals surface area contributed by atoms with Gasteiger partial charge >= 0.3 is 0 Å². The van der Waals surface area contributed by atoms with Gasteiger partial charge in [0, 0.05) is 24.0 Å². The molecule has 6 heteroatoms. The van der Waals surface area contributed by atoms with Crippen LogP contribution in [0.5, 0.6) is 5.75 Å². The van der Waals surface area contributed by atoms with Gasteiger partial charge in [-0.2, -0.15) is 0 Å². The van der Waals surface area contributed by atoms with Gasteiger partial charge in [0.25, 0.3) is 5.91 Å². The number of halogens is 1. The van der Waals surface area contributed by atoms with Crippen LogP contribution in [0.3, 0.4) is 0 Å². The van der Waals surface area contributed by atoms with Crippen molar-refractivity contribution < 1.29 is 14.3 Å². The molecule has 1 N–H and O–H groups in total. The van der Waals surface area contributed by atoms with E-state index in [1.165, 1.54) is 0 Å². The van der Waals surface area contributed by atoms with Crippen LogP contribution >= 0.6 is 11.6 Å². The quantitative estimate of drug-likeness (QED) is 0.406. The molecule has 3 rings (SSSR count). The molecule has 0 saturated carbocycles. The molecule has 0 heterocycles. The normalized spacial score (nSPS) is 11.7. The van der Waals surface area contributed by atoms with Crippen LogP contribution in [0, 0.1) is 13.8 Å². The molecule has 0 bridgehead atoms. The van der Waals surface area contributed by atoms with Gasteiger partial charge in [-0.05, 0) is 62.6 Å². The summed E-state index contributed by atoms with van der Waals surface area (Å²) in [4.78, 5) is 28.5. The molecule has 0 fully saturated rings. The van der Waals surface area contributed by atoms with Crippen molar-refractivity contribution >= 4 is 23.4 Å². The minimum atomic E-state index is -0.703. The fourth-order valence-corrected chi connectivity index (χ4v) is 4.03. The Morgan fingerprint density at radius 3 is 2.26 bits per heavy atom. The van der Waals surface area contributed by atoms with Gasteiger partial charge < -0.3 is 15.0 Å². The van der Waals surface area contributed by atoms with Crippen LogP contribution in [0.2, 0.25) is 5.02 Å². The maximum atomic E-state index is 13.6. The van der Waals surface area contributed by atoms with E-state index in [9.17, 15) is 9.59 Å². The number of hydrogen-bond donors (Lipinski definition) is 1. The average molecular weight is 493 g/mol. The first-order valence-corrected chi connectivity index (χ1v) is 12.2. The van der Waals surface area contributed by atoms with Crippen LogP contribution in [0.4, 0.5) is 0 Å². The lowest BCUT2D eigenvalue weighted by molar-refractivity contribution is -0.143. The van der Waals surface area contributed by atoms with Crippen LogP contribution in [0.25, 0.3) is 0 Å². The first-order chi connectivity index (χ1) is 16.7. The van der Waals surface area contributed by atoms with Crippen molar-refractivity contribution in [1.82, 2.24) is 10.2 Å². The van der Waals surface area contributed by atoms with E-state index < -0.39 is 6.04 Å². The second-order valence-electron chi connectivity index (χ2n) is 9.07. The number of nitrogens with one attached hydrogen (secondary N) is 1. The Kier molecular flexibility index (Phi) is 9.32. The van der Waals surface area contributed by atoms with E-state index in [1.54, 1.807) is 17.0 Å². The molecule has 3 aromatic carbocycles. The predicted octanol–water partition coefficient (Wildman–Crippen LogP) is 5.50. The molecule has 35 heavy (non-hydrogen) atoms. The Bertz CT molecular complexity index is 1130. The van der Waals surface area contributed by atoms with Crippen LogP contribution in [0.1, 0.15) is 36.1 Å². The van der Waals surface area contributed by atoms with Crippen molar-refractivity contribution in [3.8, 4) is 5.75 Å². The molecule has 1 atom stereocenters. The van der Waals surface area contributed by atoms with E-state index in [2.05, 4.69) is 5.32 Å². The lowest BCUT2D eigenvalue weighted by Crippen LogP contribution is -2.52. The van der Waals surface area contributed by atoms with Crippen LogP contribution < -0.4 is 10.1 Å². The number of ether oxygens (including phenoxy) is 1. The predicted molar refractivity (Wildman–Crippen MR) is 141 cm³/mol. The van der Waals surface area contributed by atoms with Crippen molar-refractivity contribution in [2.45, 2.75) is 52.7 Å². The first kappa shape index (κ1) is 26.3. The number of aryl methyl sites for hydroxylation is 2. The third-order valence-corrected chi connectivity index (χ3v) is 5.90. The zero-order valence-corrected chi connectivity index (χ0v) is 21.5. The maximum absolute atomic E-state index is 13.6. The summed E-state index contributed by atoms with van der Waals surface area (Å²) in [5, 5.41) is 3.60. The van der Waals surface area contributed by atoms with Gasteiger partial charge in [0.05, 0.1) is 0 Å². The number of nitrogens with zero attached hydrogens (tertiary/aromatic N) is 1. The summed E-state index contributed by atoms with van der Waals surface area (Å²) in [6.45, 7) is 7.87. The minimum Gasteiger partial charge on any atom is -0.483 e. The molecular formula is C29H33ClN2O3. The molecule has 0 saturated heterocycles. The molecule has 0 aromatic heterocycles. The summed E-state index contributed by atoms with van der Waals surface area (Å²) < 4.78 is 5.91. The van der Waals surface area contributed by atoms with Gasteiger partial charge in [-0.15, -0.1) is 0 Å².